The zero-order chi connectivity index (χ0) is 20.7. The molecule has 3 aromatic rings. The predicted octanol–water partition coefficient (Wildman–Crippen LogP) is 3.83. The highest BCUT2D eigenvalue weighted by Gasteiger charge is 2.26. The van der Waals surface area contributed by atoms with Crippen LogP contribution in [0, 0.1) is 6.92 Å². The van der Waals surface area contributed by atoms with Crippen molar-refractivity contribution >= 4 is 27.4 Å². The van der Waals surface area contributed by atoms with Crippen molar-refractivity contribution in [2.75, 3.05) is 45.3 Å². The van der Waals surface area contributed by atoms with Crippen molar-refractivity contribution in [2.45, 2.75) is 32.7 Å². The molecule has 30 heavy (non-hydrogen) atoms. The predicted molar refractivity (Wildman–Crippen MR) is 121 cm³/mol. The molecule has 1 aliphatic carbocycles. The van der Waals surface area contributed by atoms with Gasteiger partial charge in [-0.25, -0.2) is 9.97 Å². The second kappa shape index (κ2) is 8.04. The van der Waals surface area contributed by atoms with Gasteiger partial charge in [-0.1, -0.05) is 0 Å². The number of methoxy groups -OCH3 is 2. The van der Waals surface area contributed by atoms with Gasteiger partial charge in [-0.15, -0.1) is 11.3 Å². The van der Waals surface area contributed by atoms with Crippen LogP contribution >= 0.6 is 11.3 Å². The van der Waals surface area contributed by atoms with Gasteiger partial charge in [-0.3, -0.25) is 4.90 Å². The summed E-state index contributed by atoms with van der Waals surface area (Å²) < 4.78 is 11.0. The molecular formula is C23H28N4O2S. The van der Waals surface area contributed by atoms with Gasteiger partial charge in [0.25, 0.3) is 0 Å². The van der Waals surface area contributed by atoms with Crippen LogP contribution in [-0.4, -0.2) is 55.3 Å². The van der Waals surface area contributed by atoms with Crippen LogP contribution in [-0.2, 0) is 19.4 Å². The van der Waals surface area contributed by atoms with E-state index in [0.29, 0.717) is 0 Å². The molecule has 3 heterocycles. The SMILES string of the molecule is COc1ccc(OC)c(CN2CCN(c3nc(C)nc4sc5c(c34)CCC5)CC2)c1. The molecule has 6 nitrogen and oxygen atoms in total. The summed E-state index contributed by atoms with van der Waals surface area (Å²) in [5, 5.41) is 1.32. The lowest BCUT2D eigenvalue weighted by atomic mass is 10.1. The molecule has 0 atom stereocenters. The summed E-state index contributed by atoms with van der Waals surface area (Å²) in [6.45, 7) is 6.82. The van der Waals surface area contributed by atoms with E-state index in [1.165, 1.54) is 45.5 Å². The second-order valence-corrected chi connectivity index (χ2v) is 9.16. The first-order valence-corrected chi connectivity index (χ1v) is 11.4. The Labute approximate surface area is 181 Å². The number of piperazine rings is 1. The number of fused-ring (bicyclic) bond motifs is 3. The van der Waals surface area contributed by atoms with Crippen molar-refractivity contribution < 1.29 is 9.47 Å². The minimum Gasteiger partial charge on any atom is -0.497 e. The molecule has 0 saturated carbocycles. The minimum atomic E-state index is 0.861. The first-order valence-electron chi connectivity index (χ1n) is 10.6. The lowest BCUT2D eigenvalue weighted by Crippen LogP contribution is -2.46. The minimum absolute atomic E-state index is 0.861. The Morgan fingerprint density at radius 3 is 2.63 bits per heavy atom. The van der Waals surface area contributed by atoms with E-state index in [1.54, 1.807) is 14.2 Å². The molecule has 2 aliphatic rings. The molecule has 2 aromatic heterocycles. The highest BCUT2D eigenvalue weighted by atomic mass is 32.1. The van der Waals surface area contributed by atoms with Crippen molar-refractivity contribution in [3.8, 4) is 11.5 Å². The summed E-state index contributed by atoms with van der Waals surface area (Å²) in [4.78, 5) is 17.3. The molecule has 1 aliphatic heterocycles. The lowest BCUT2D eigenvalue weighted by molar-refractivity contribution is 0.245. The number of thiophene rings is 1. The monoisotopic (exact) mass is 424 g/mol. The van der Waals surface area contributed by atoms with Crippen molar-refractivity contribution in [1.29, 1.82) is 0 Å². The van der Waals surface area contributed by atoms with Gasteiger partial charge in [-0.05, 0) is 49.9 Å². The van der Waals surface area contributed by atoms with Gasteiger partial charge in [-0.2, -0.15) is 0 Å². The van der Waals surface area contributed by atoms with Gasteiger partial charge in [0.15, 0.2) is 0 Å². The summed E-state index contributed by atoms with van der Waals surface area (Å²) in [5.41, 5.74) is 2.68. The molecule has 1 fully saturated rings. The van der Waals surface area contributed by atoms with E-state index in [9.17, 15) is 0 Å². The van der Waals surface area contributed by atoms with Gasteiger partial charge >= 0.3 is 0 Å². The third-order valence-electron chi connectivity index (χ3n) is 6.21. The summed E-state index contributed by atoms with van der Waals surface area (Å²) in [5.74, 6) is 3.81. The zero-order valence-corrected chi connectivity index (χ0v) is 18.7. The number of benzene rings is 1. The highest BCUT2D eigenvalue weighted by Crippen LogP contribution is 2.40. The Hall–Kier alpha value is -2.38. The molecule has 5 rings (SSSR count). The van der Waals surface area contributed by atoms with Crippen LogP contribution in [0.25, 0.3) is 10.2 Å². The van der Waals surface area contributed by atoms with E-state index in [-0.39, 0.29) is 0 Å². The maximum Gasteiger partial charge on any atom is 0.141 e. The van der Waals surface area contributed by atoms with Crippen molar-refractivity contribution in [3.63, 3.8) is 0 Å². The summed E-state index contributed by atoms with van der Waals surface area (Å²) >= 11 is 1.87. The molecule has 7 heteroatoms. The number of rotatable bonds is 5. The number of nitrogens with zero attached hydrogens (tertiary/aromatic N) is 4. The number of anilines is 1. The molecule has 1 saturated heterocycles. The van der Waals surface area contributed by atoms with E-state index < -0.39 is 0 Å². The van der Waals surface area contributed by atoms with Gasteiger partial charge in [0.05, 0.1) is 19.6 Å². The Morgan fingerprint density at radius 2 is 1.87 bits per heavy atom. The van der Waals surface area contributed by atoms with Crippen LogP contribution in [0.15, 0.2) is 18.2 Å². The van der Waals surface area contributed by atoms with Crippen LogP contribution in [0.2, 0.25) is 0 Å². The standard InChI is InChI=1S/C23H28N4O2S/c1-15-24-22(21-18-5-4-6-20(18)30-23(21)25-15)27-11-9-26(10-12-27)14-16-13-17(28-2)7-8-19(16)29-3/h7-8,13H,4-6,9-12,14H2,1-3H3. The van der Waals surface area contributed by atoms with Crippen LogP contribution < -0.4 is 14.4 Å². The summed E-state index contributed by atoms with van der Waals surface area (Å²) in [7, 11) is 3.43. The molecule has 0 unspecified atom stereocenters. The van der Waals surface area contributed by atoms with Crippen molar-refractivity contribution in [1.82, 2.24) is 14.9 Å². The van der Waals surface area contributed by atoms with E-state index in [0.717, 1.165) is 55.9 Å². The fraction of sp³-hybridized carbons (Fsp3) is 0.478. The van der Waals surface area contributed by atoms with Crippen LogP contribution in [0.5, 0.6) is 11.5 Å². The average molecular weight is 425 g/mol. The third-order valence-corrected chi connectivity index (χ3v) is 7.40. The van der Waals surface area contributed by atoms with E-state index in [4.69, 9.17) is 19.4 Å². The Balaban J connectivity index is 1.35. The average Bonchev–Trinajstić information content (AvgIpc) is 3.34. The molecule has 0 bridgehead atoms. The first kappa shape index (κ1) is 19.6. The maximum atomic E-state index is 5.56. The zero-order valence-electron chi connectivity index (χ0n) is 17.9. The molecule has 0 radical (unpaired) electrons. The number of hydrogen-bond acceptors (Lipinski definition) is 7. The third kappa shape index (κ3) is 3.50. The Morgan fingerprint density at radius 1 is 1.03 bits per heavy atom. The quantitative estimate of drug-likeness (QED) is 0.621. The largest absolute Gasteiger partial charge is 0.497 e. The maximum absolute atomic E-state index is 5.56. The fourth-order valence-electron chi connectivity index (χ4n) is 4.67. The first-order chi connectivity index (χ1) is 14.7. The number of aromatic nitrogens is 2. The normalized spacial score (nSPS) is 16.8. The molecule has 0 N–H and O–H groups in total. The Bertz CT molecular complexity index is 1070. The van der Waals surface area contributed by atoms with Gasteiger partial charge < -0.3 is 14.4 Å². The smallest absolute Gasteiger partial charge is 0.141 e. The van der Waals surface area contributed by atoms with Gasteiger partial charge in [0.2, 0.25) is 0 Å². The lowest BCUT2D eigenvalue weighted by Gasteiger charge is -2.36. The summed E-state index contributed by atoms with van der Waals surface area (Å²) in [6.07, 6.45) is 3.63. The molecule has 158 valence electrons. The second-order valence-electron chi connectivity index (χ2n) is 8.07. The van der Waals surface area contributed by atoms with Crippen molar-refractivity contribution in [3.05, 3.63) is 40.0 Å². The van der Waals surface area contributed by atoms with Crippen LogP contribution in [0.1, 0.15) is 28.2 Å². The number of hydrogen-bond donors (Lipinski definition) is 0. The van der Waals surface area contributed by atoms with Gasteiger partial charge in [0.1, 0.15) is 28.0 Å². The van der Waals surface area contributed by atoms with E-state index in [1.807, 2.05) is 30.4 Å². The molecule has 1 aromatic carbocycles. The topological polar surface area (TPSA) is 50.7 Å². The molecule has 0 spiro atoms. The van der Waals surface area contributed by atoms with Crippen molar-refractivity contribution in [2.24, 2.45) is 0 Å². The Kier molecular flexibility index (Phi) is 5.25. The van der Waals surface area contributed by atoms with Crippen LogP contribution in [0.3, 0.4) is 0 Å². The summed E-state index contributed by atoms with van der Waals surface area (Å²) in [6, 6.07) is 6.02. The number of aryl methyl sites for hydroxylation is 3. The molecule has 0 amide bonds. The number of ether oxygens (including phenoxy) is 2. The fourth-order valence-corrected chi connectivity index (χ4v) is 5.97. The van der Waals surface area contributed by atoms with E-state index in [2.05, 4.69) is 15.9 Å². The van der Waals surface area contributed by atoms with Gasteiger partial charge in [0, 0.05) is 43.2 Å². The van der Waals surface area contributed by atoms with Crippen LogP contribution in [0.4, 0.5) is 5.82 Å². The highest BCUT2D eigenvalue weighted by molar-refractivity contribution is 7.19. The van der Waals surface area contributed by atoms with E-state index >= 15 is 0 Å². The molecular weight excluding hydrogens is 396 g/mol.